The van der Waals surface area contributed by atoms with Crippen LogP contribution in [0.5, 0.6) is 0 Å². The molecule has 4 fully saturated rings. The van der Waals surface area contributed by atoms with Crippen LogP contribution in [0, 0.1) is 52.3 Å². The summed E-state index contributed by atoms with van der Waals surface area (Å²) < 4.78 is 31.7. The van der Waals surface area contributed by atoms with Crippen LogP contribution in [0.15, 0.2) is 0 Å². The first kappa shape index (κ1) is 42.6. The van der Waals surface area contributed by atoms with Gasteiger partial charge in [0, 0.05) is 39.5 Å². The monoisotopic (exact) mass is 748 g/mol. The molecule has 0 heterocycles. The van der Waals surface area contributed by atoms with Gasteiger partial charge in [-0.3, -0.25) is 24.0 Å². The molecule has 0 radical (unpaired) electrons. The molecule has 0 aromatic heterocycles. The van der Waals surface area contributed by atoms with Crippen LogP contribution in [0.3, 0.4) is 0 Å². The molecule has 0 N–H and O–H groups in total. The lowest BCUT2D eigenvalue weighted by Gasteiger charge is -2.61. The Hall–Kier alpha value is -3.18. The Balaban J connectivity index is 1.13. The summed E-state index contributed by atoms with van der Waals surface area (Å²) in [4.78, 5) is 72.6. The highest BCUT2D eigenvalue weighted by Gasteiger charge is 2.61. The van der Waals surface area contributed by atoms with E-state index >= 15 is 0 Å². The van der Waals surface area contributed by atoms with Crippen molar-refractivity contribution in [2.45, 2.75) is 157 Å². The molecule has 12 nitrogen and oxygen atoms in total. The molecule has 0 amide bonds. The predicted octanol–water partition coefficient (Wildman–Crippen LogP) is 7.52. The van der Waals surface area contributed by atoms with Gasteiger partial charge in [0.05, 0.1) is 0 Å². The molecule has 0 aliphatic heterocycles. The minimum atomic E-state index is -1.09. The Bertz CT molecular complexity index is 1310. The summed E-state index contributed by atoms with van der Waals surface area (Å²) >= 11 is 0. The Kier molecular flexibility index (Phi) is 14.8. The number of hydrogen-bond donors (Lipinski definition) is 0. The molecule has 300 valence electrons. The number of carbonyl (C=O) groups is 6. The lowest BCUT2D eigenvalue weighted by molar-refractivity contribution is -0.172. The third-order valence-corrected chi connectivity index (χ3v) is 13.4. The van der Waals surface area contributed by atoms with Crippen LogP contribution >= 0.6 is 0 Å². The summed E-state index contributed by atoms with van der Waals surface area (Å²) in [5.74, 6) is 0.825. The SMILES string of the molecule is CC(=O)OCC(COC(C)=O)OC(=O)CC(C)CCC(C)CC(=O)OC(C)OC(=O)O[C@H]1CC[C@@]2(C)[C@@H](CC[C@@H]3[C@@H]2CC[C@]2(C)[C@@H](C(C)=O)CC[C@@H]32)C1. The second kappa shape index (κ2) is 18.4. The normalized spacial score (nSPS) is 32.1. The third-order valence-electron chi connectivity index (χ3n) is 13.4. The fourth-order valence-electron chi connectivity index (χ4n) is 10.7. The van der Waals surface area contributed by atoms with Gasteiger partial charge in [-0.05, 0) is 124 Å². The average molecular weight is 749 g/mol. The van der Waals surface area contributed by atoms with E-state index in [4.69, 9.17) is 28.4 Å². The van der Waals surface area contributed by atoms with Gasteiger partial charge in [-0.25, -0.2) is 4.79 Å². The fourth-order valence-corrected chi connectivity index (χ4v) is 10.7. The Labute approximate surface area is 315 Å². The zero-order valence-corrected chi connectivity index (χ0v) is 33.3. The summed E-state index contributed by atoms with van der Waals surface area (Å²) in [6, 6.07) is 0. The number of ketones is 1. The molecule has 11 atom stereocenters. The maximum absolute atomic E-state index is 12.8. The molecule has 0 spiro atoms. The van der Waals surface area contributed by atoms with E-state index < -0.39 is 42.4 Å². The van der Waals surface area contributed by atoms with Crippen LogP contribution in [-0.2, 0) is 52.4 Å². The van der Waals surface area contributed by atoms with Crippen molar-refractivity contribution in [1.82, 2.24) is 0 Å². The summed E-state index contributed by atoms with van der Waals surface area (Å²) in [6.07, 6.45) is 7.90. The number of fused-ring (bicyclic) bond motifs is 5. The van der Waals surface area contributed by atoms with E-state index in [1.54, 1.807) is 6.92 Å². The van der Waals surface area contributed by atoms with Gasteiger partial charge in [0.15, 0.2) is 6.10 Å². The quantitative estimate of drug-likeness (QED) is 0.0870. The van der Waals surface area contributed by atoms with E-state index in [0.717, 1.165) is 38.5 Å². The summed E-state index contributed by atoms with van der Waals surface area (Å²) in [6.45, 7) is 14.0. The molecular formula is C41H64O12. The second-order valence-electron chi connectivity index (χ2n) is 17.3. The number of ether oxygens (including phenoxy) is 6. The standard InChI is InChI=1S/C41H64O12/c1-24(9-10-25(2)20-38(46)52-32(22-48-27(4)43)23-49-28(5)44)19-37(45)50-29(6)51-39(47)53-31-15-17-40(7)30(21-31)11-12-33-35-14-13-34(26(3)42)41(35,8)18-16-36(33)40/h24-25,29-36H,9-23H2,1-8H3/t24?,25?,29?,30-,31-,33-,34+,35-,36-,40-,41+/m0/s1. The van der Waals surface area contributed by atoms with Crippen LogP contribution in [-0.4, -0.2) is 67.5 Å². The first-order chi connectivity index (χ1) is 24.9. The van der Waals surface area contributed by atoms with E-state index in [9.17, 15) is 28.8 Å². The predicted molar refractivity (Wildman–Crippen MR) is 193 cm³/mol. The van der Waals surface area contributed by atoms with Crippen LogP contribution in [0.2, 0.25) is 0 Å². The Morgan fingerprint density at radius 3 is 1.81 bits per heavy atom. The number of esters is 4. The molecule has 4 rings (SSSR count). The fraction of sp³-hybridized carbons (Fsp3) is 0.854. The summed E-state index contributed by atoms with van der Waals surface area (Å²) in [5, 5.41) is 0. The molecule has 12 heteroatoms. The number of carbonyl (C=O) groups excluding carboxylic acids is 6. The highest BCUT2D eigenvalue weighted by molar-refractivity contribution is 5.79. The molecule has 0 aromatic rings. The minimum absolute atomic E-state index is 0.0467. The maximum atomic E-state index is 12.8. The van der Waals surface area contributed by atoms with Crippen molar-refractivity contribution in [3.05, 3.63) is 0 Å². The van der Waals surface area contributed by atoms with Crippen molar-refractivity contribution in [2.24, 2.45) is 52.3 Å². The molecule has 3 unspecified atom stereocenters. The molecular weight excluding hydrogens is 684 g/mol. The van der Waals surface area contributed by atoms with Crippen molar-refractivity contribution in [3.63, 3.8) is 0 Å². The lowest BCUT2D eigenvalue weighted by Crippen LogP contribution is -2.54. The van der Waals surface area contributed by atoms with Crippen molar-refractivity contribution in [2.75, 3.05) is 13.2 Å². The highest BCUT2D eigenvalue weighted by Crippen LogP contribution is 2.67. The van der Waals surface area contributed by atoms with Crippen molar-refractivity contribution >= 4 is 35.8 Å². The van der Waals surface area contributed by atoms with Gasteiger partial charge >= 0.3 is 30.0 Å². The lowest BCUT2D eigenvalue weighted by atomic mass is 9.44. The van der Waals surface area contributed by atoms with Crippen LogP contribution in [0.25, 0.3) is 0 Å². The maximum Gasteiger partial charge on any atom is 0.511 e. The third kappa shape index (κ3) is 11.2. The zero-order chi connectivity index (χ0) is 39.1. The molecule has 0 aromatic carbocycles. The Morgan fingerprint density at radius 2 is 1.23 bits per heavy atom. The topological polar surface area (TPSA) is 158 Å². The number of hydrogen-bond acceptors (Lipinski definition) is 12. The average Bonchev–Trinajstić information content (AvgIpc) is 3.42. The van der Waals surface area contributed by atoms with Crippen LogP contribution in [0.4, 0.5) is 4.79 Å². The largest absolute Gasteiger partial charge is 0.511 e. The van der Waals surface area contributed by atoms with Gasteiger partial charge in [-0.1, -0.05) is 27.7 Å². The van der Waals surface area contributed by atoms with Crippen LogP contribution in [0.1, 0.15) is 139 Å². The zero-order valence-electron chi connectivity index (χ0n) is 33.3. The first-order valence-corrected chi connectivity index (χ1v) is 19.9. The van der Waals surface area contributed by atoms with Gasteiger partial charge in [-0.15, -0.1) is 0 Å². The van der Waals surface area contributed by atoms with E-state index in [1.807, 2.05) is 13.8 Å². The molecule has 0 bridgehead atoms. The molecule has 4 aliphatic carbocycles. The van der Waals surface area contributed by atoms with Crippen molar-refractivity contribution < 1.29 is 57.2 Å². The van der Waals surface area contributed by atoms with E-state index in [-0.39, 0.29) is 60.7 Å². The summed E-state index contributed by atoms with van der Waals surface area (Å²) in [5.41, 5.74) is 0.357. The number of rotatable bonds is 16. The number of Topliss-reactive ketones (excluding diaryl/α,β-unsaturated/α-hetero) is 1. The van der Waals surface area contributed by atoms with E-state index in [1.165, 1.54) is 40.0 Å². The van der Waals surface area contributed by atoms with Gasteiger partial charge in [0.2, 0.25) is 6.29 Å². The van der Waals surface area contributed by atoms with Crippen molar-refractivity contribution in [3.8, 4) is 0 Å². The first-order valence-electron chi connectivity index (χ1n) is 19.9. The van der Waals surface area contributed by atoms with E-state index in [2.05, 4.69) is 13.8 Å². The van der Waals surface area contributed by atoms with Gasteiger partial charge < -0.3 is 28.4 Å². The van der Waals surface area contributed by atoms with Gasteiger partial charge in [0.1, 0.15) is 25.1 Å². The smallest absolute Gasteiger partial charge is 0.462 e. The minimum Gasteiger partial charge on any atom is -0.462 e. The highest BCUT2D eigenvalue weighted by atomic mass is 16.8. The molecule has 0 saturated heterocycles. The Morgan fingerprint density at radius 1 is 0.660 bits per heavy atom. The molecule has 53 heavy (non-hydrogen) atoms. The van der Waals surface area contributed by atoms with E-state index in [0.29, 0.717) is 42.3 Å². The second-order valence-corrected chi connectivity index (χ2v) is 17.3. The van der Waals surface area contributed by atoms with Crippen LogP contribution < -0.4 is 0 Å². The van der Waals surface area contributed by atoms with Gasteiger partial charge in [-0.2, -0.15) is 0 Å². The molecule has 4 aliphatic rings. The van der Waals surface area contributed by atoms with Gasteiger partial charge in [0.25, 0.3) is 0 Å². The summed E-state index contributed by atoms with van der Waals surface area (Å²) in [7, 11) is 0. The molecule has 4 saturated carbocycles. The van der Waals surface area contributed by atoms with Crippen molar-refractivity contribution in [1.29, 1.82) is 0 Å².